The number of urea groups is 1. The van der Waals surface area contributed by atoms with Crippen LogP contribution in [0.2, 0.25) is 0 Å². The fourth-order valence-corrected chi connectivity index (χ4v) is 3.46. The third-order valence-electron chi connectivity index (χ3n) is 5.19. The van der Waals surface area contributed by atoms with Crippen LogP contribution in [0.1, 0.15) is 45.6 Å². The number of amides is 3. The van der Waals surface area contributed by atoms with Crippen molar-refractivity contribution < 1.29 is 9.59 Å². The fraction of sp³-hybridized carbons (Fsp3) is 0.619. The molecule has 2 rings (SSSR count). The zero-order valence-corrected chi connectivity index (χ0v) is 17.1. The van der Waals surface area contributed by atoms with Gasteiger partial charge in [0, 0.05) is 24.7 Å². The molecule has 2 atom stereocenters. The van der Waals surface area contributed by atoms with Crippen LogP contribution in [0.4, 0.5) is 10.5 Å². The zero-order valence-electron chi connectivity index (χ0n) is 17.1. The van der Waals surface area contributed by atoms with Gasteiger partial charge in [-0.2, -0.15) is 0 Å². The molecule has 0 aromatic heterocycles. The molecule has 1 saturated heterocycles. The SMILES string of the molecule is CCN(CC)CCC[C@H](C)NC(=O)N[C@@H]1CC(=O)N(c2ccc(C)cc2)C1. The van der Waals surface area contributed by atoms with Gasteiger partial charge in [-0.25, -0.2) is 4.79 Å². The van der Waals surface area contributed by atoms with E-state index in [1.807, 2.05) is 38.1 Å². The minimum atomic E-state index is -0.186. The van der Waals surface area contributed by atoms with Crippen molar-refractivity contribution in [2.75, 3.05) is 31.1 Å². The number of anilines is 1. The molecule has 6 nitrogen and oxygen atoms in total. The van der Waals surface area contributed by atoms with E-state index in [4.69, 9.17) is 0 Å². The molecule has 0 saturated carbocycles. The maximum Gasteiger partial charge on any atom is 0.315 e. The topological polar surface area (TPSA) is 64.7 Å². The Morgan fingerprint density at radius 2 is 1.93 bits per heavy atom. The maximum atomic E-state index is 12.3. The van der Waals surface area contributed by atoms with Crippen LogP contribution < -0.4 is 15.5 Å². The highest BCUT2D eigenvalue weighted by Crippen LogP contribution is 2.21. The normalized spacial score (nSPS) is 18.0. The molecule has 0 unspecified atom stereocenters. The van der Waals surface area contributed by atoms with E-state index in [9.17, 15) is 9.59 Å². The first-order valence-electron chi connectivity index (χ1n) is 10.1. The molecule has 3 amide bonds. The summed E-state index contributed by atoms with van der Waals surface area (Å²) in [5, 5.41) is 5.94. The lowest BCUT2D eigenvalue weighted by Crippen LogP contribution is -2.46. The number of aryl methyl sites for hydroxylation is 1. The van der Waals surface area contributed by atoms with Gasteiger partial charge in [0.1, 0.15) is 0 Å². The van der Waals surface area contributed by atoms with Gasteiger partial charge in [0.15, 0.2) is 0 Å². The third kappa shape index (κ3) is 6.54. The van der Waals surface area contributed by atoms with Gasteiger partial charge in [-0.05, 0) is 58.5 Å². The lowest BCUT2D eigenvalue weighted by molar-refractivity contribution is -0.117. The molecular formula is C21H34N4O2. The number of nitrogens with one attached hydrogen (secondary N) is 2. The predicted octanol–water partition coefficient (Wildman–Crippen LogP) is 2.91. The van der Waals surface area contributed by atoms with Crippen molar-refractivity contribution >= 4 is 17.6 Å². The Morgan fingerprint density at radius 3 is 2.56 bits per heavy atom. The van der Waals surface area contributed by atoms with Crippen molar-refractivity contribution in [2.24, 2.45) is 0 Å². The summed E-state index contributed by atoms with van der Waals surface area (Å²) in [6.45, 7) is 12.1. The molecule has 0 spiro atoms. The minimum Gasteiger partial charge on any atom is -0.336 e. The molecule has 1 aliphatic heterocycles. The van der Waals surface area contributed by atoms with Gasteiger partial charge in [-0.15, -0.1) is 0 Å². The second kappa shape index (κ2) is 10.3. The van der Waals surface area contributed by atoms with E-state index in [0.717, 1.165) is 43.7 Å². The molecule has 1 aromatic carbocycles. The smallest absolute Gasteiger partial charge is 0.315 e. The highest BCUT2D eigenvalue weighted by atomic mass is 16.2. The first-order chi connectivity index (χ1) is 12.9. The number of benzene rings is 1. The standard InChI is InChI=1S/C21H34N4O2/c1-5-24(6-2)13-7-8-17(4)22-21(27)23-18-14-20(26)25(15-18)19-11-9-16(3)10-12-19/h9-12,17-18H,5-8,13-15H2,1-4H3,(H2,22,23,27)/t17-,18+/m0/s1. The highest BCUT2D eigenvalue weighted by molar-refractivity contribution is 5.96. The molecule has 1 heterocycles. The first kappa shape index (κ1) is 21.2. The van der Waals surface area contributed by atoms with Crippen molar-refractivity contribution in [3.63, 3.8) is 0 Å². The molecule has 1 aliphatic rings. The van der Waals surface area contributed by atoms with E-state index < -0.39 is 0 Å². The van der Waals surface area contributed by atoms with E-state index in [0.29, 0.717) is 13.0 Å². The van der Waals surface area contributed by atoms with E-state index in [2.05, 4.69) is 29.4 Å². The monoisotopic (exact) mass is 374 g/mol. The quantitative estimate of drug-likeness (QED) is 0.698. The number of carbonyl (C=O) groups is 2. The van der Waals surface area contributed by atoms with Gasteiger partial charge < -0.3 is 20.4 Å². The molecule has 1 fully saturated rings. The summed E-state index contributed by atoms with van der Waals surface area (Å²) >= 11 is 0. The van der Waals surface area contributed by atoms with Gasteiger partial charge in [0.05, 0.1) is 6.04 Å². The molecule has 1 aromatic rings. The second-order valence-corrected chi connectivity index (χ2v) is 7.43. The Balaban J connectivity index is 1.74. The number of nitrogens with zero attached hydrogens (tertiary/aromatic N) is 2. The Bertz CT molecular complexity index is 613. The Labute approximate surface area is 163 Å². The van der Waals surface area contributed by atoms with Crippen LogP contribution in [-0.4, -0.2) is 55.1 Å². The molecule has 27 heavy (non-hydrogen) atoms. The maximum absolute atomic E-state index is 12.3. The van der Waals surface area contributed by atoms with Gasteiger partial charge in [-0.3, -0.25) is 4.79 Å². The number of carbonyl (C=O) groups excluding carboxylic acids is 2. The summed E-state index contributed by atoms with van der Waals surface area (Å²) < 4.78 is 0. The van der Waals surface area contributed by atoms with Crippen LogP contribution in [0.5, 0.6) is 0 Å². The number of rotatable bonds is 9. The molecule has 0 aliphatic carbocycles. The second-order valence-electron chi connectivity index (χ2n) is 7.43. The predicted molar refractivity (Wildman–Crippen MR) is 110 cm³/mol. The van der Waals surface area contributed by atoms with E-state index in [1.54, 1.807) is 4.90 Å². The molecular weight excluding hydrogens is 340 g/mol. The Hall–Kier alpha value is -2.08. The largest absolute Gasteiger partial charge is 0.336 e. The summed E-state index contributed by atoms with van der Waals surface area (Å²) in [7, 11) is 0. The van der Waals surface area contributed by atoms with Crippen molar-refractivity contribution in [3.8, 4) is 0 Å². The van der Waals surface area contributed by atoms with Gasteiger partial charge in [0.2, 0.25) is 5.91 Å². The van der Waals surface area contributed by atoms with Crippen LogP contribution in [0, 0.1) is 6.92 Å². The lowest BCUT2D eigenvalue weighted by atomic mass is 10.2. The third-order valence-corrected chi connectivity index (χ3v) is 5.19. The van der Waals surface area contributed by atoms with Gasteiger partial charge in [0.25, 0.3) is 0 Å². The van der Waals surface area contributed by atoms with Crippen molar-refractivity contribution in [2.45, 2.75) is 59.0 Å². The Kier molecular flexibility index (Phi) is 8.10. The summed E-state index contributed by atoms with van der Waals surface area (Å²) in [5.41, 5.74) is 2.05. The number of hydrogen-bond acceptors (Lipinski definition) is 3. The highest BCUT2D eigenvalue weighted by Gasteiger charge is 2.31. The minimum absolute atomic E-state index is 0.0522. The van der Waals surface area contributed by atoms with Crippen LogP contribution in [0.15, 0.2) is 24.3 Å². The summed E-state index contributed by atoms with van der Waals surface area (Å²) in [4.78, 5) is 28.7. The lowest BCUT2D eigenvalue weighted by Gasteiger charge is -2.21. The van der Waals surface area contributed by atoms with Crippen LogP contribution in [0.3, 0.4) is 0 Å². The van der Waals surface area contributed by atoms with E-state index in [-0.39, 0.29) is 24.0 Å². The van der Waals surface area contributed by atoms with Crippen LogP contribution >= 0.6 is 0 Å². The molecule has 0 radical (unpaired) electrons. The first-order valence-corrected chi connectivity index (χ1v) is 10.1. The molecule has 150 valence electrons. The zero-order chi connectivity index (χ0) is 19.8. The Morgan fingerprint density at radius 1 is 1.26 bits per heavy atom. The summed E-state index contributed by atoms with van der Waals surface area (Å²) in [6.07, 6.45) is 2.35. The molecule has 2 N–H and O–H groups in total. The van der Waals surface area contributed by atoms with E-state index >= 15 is 0 Å². The van der Waals surface area contributed by atoms with Gasteiger partial charge in [-0.1, -0.05) is 31.5 Å². The van der Waals surface area contributed by atoms with Crippen molar-refractivity contribution in [1.82, 2.24) is 15.5 Å². The van der Waals surface area contributed by atoms with E-state index in [1.165, 1.54) is 0 Å². The van der Waals surface area contributed by atoms with Crippen molar-refractivity contribution in [3.05, 3.63) is 29.8 Å². The fourth-order valence-electron chi connectivity index (χ4n) is 3.46. The van der Waals surface area contributed by atoms with Crippen molar-refractivity contribution in [1.29, 1.82) is 0 Å². The average Bonchev–Trinajstić information content (AvgIpc) is 2.99. The average molecular weight is 375 g/mol. The van der Waals surface area contributed by atoms with Crippen LogP contribution in [-0.2, 0) is 4.79 Å². The van der Waals surface area contributed by atoms with Gasteiger partial charge >= 0.3 is 6.03 Å². The van der Waals surface area contributed by atoms with Crippen LogP contribution in [0.25, 0.3) is 0 Å². The summed E-state index contributed by atoms with van der Waals surface area (Å²) in [6, 6.07) is 7.68. The molecule has 0 bridgehead atoms. The summed E-state index contributed by atoms with van der Waals surface area (Å²) in [5.74, 6) is 0.0522. The number of hydrogen-bond donors (Lipinski definition) is 2. The molecule has 6 heteroatoms.